The number of hydrogen-bond acceptors (Lipinski definition) is 6. The highest BCUT2D eigenvalue weighted by Gasteiger charge is 2.07. The Morgan fingerprint density at radius 3 is 1.91 bits per heavy atom. The van der Waals surface area contributed by atoms with Crippen molar-refractivity contribution >= 4 is 24.3 Å². The predicted molar refractivity (Wildman–Crippen MR) is 122 cm³/mol. The molecule has 0 fully saturated rings. The number of carbonyl (C=O) groups excluding carboxylic acids is 1. The molecule has 8 heteroatoms. The second-order valence-corrected chi connectivity index (χ2v) is 6.35. The van der Waals surface area contributed by atoms with Crippen LogP contribution < -0.4 is 10.7 Å². The van der Waals surface area contributed by atoms with Crippen molar-refractivity contribution in [1.29, 1.82) is 10.5 Å². The van der Waals surface area contributed by atoms with Gasteiger partial charge in [-0.25, -0.2) is 5.43 Å². The SMILES string of the molecule is N#Cc1ccc(C=NN=C(NN=Cc2ccc(C#N)cc2)NC(=O)c2ccccc2)cc1. The second kappa shape index (κ2) is 11.2. The van der Waals surface area contributed by atoms with Crippen LogP contribution in [0.2, 0.25) is 0 Å². The van der Waals surface area contributed by atoms with E-state index in [4.69, 9.17) is 10.5 Å². The Morgan fingerprint density at radius 2 is 1.34 bits per heavy atom. The highest BCUT2D eigenvalue weighted by Crippen LogP contribution is 2.02. The third-order valence-corrected chi connectivity index (χ3v) is 4.10. The summed E-state index contributed by atoms with van der Waals surface area (Å²) in [5, 5.41) is 32.4. The molecule has 0 radical (unpaired) electrons. The van der Waals surface area contributed by atoms with Crippen LogP contribution in [0.15, 0.2) is 94.2 Å². The normalized spacial score (nSPS) is 11.1. The average molecular weight is 419 g/mol. The molecule has 3 rings (SSSR count). The zero-order chi connectivity index (χ0) is 22.6. The van der Waals surface area contributed by atoms with Gasteiger partial charge in [-0.3, -0.25) is 10.1 Å². The van der Waals surface area contributed by atoms with Crippen molar-refractivity contribution in [3.05, 3.63) is 107 Å². The number of amides is 1. The number of nitriles is 2. The molecule has 0 bridgehead atoms. The first kappa shape index (κ1) is 21.6. The van der Waals surface area contributed by atoms with E-state index in [1.807, 2.05) is 12.1 Å². The zero-order valence-electron chi connectivity index (χ0n) is 16.8. The van der Waals surface area contributed by atoms with Crippen molar-refractivity contribution in [3.8, 4) is 12.1 Å². The molecule has 0 aliphatic rings. The quantitative estimate of drug-likeness (QED) is 0.374. The maximum absolute atomic E-state index is 12.5. The van der Waals surface area contributed by atoms with Gasteiger partial charge in [-0.1, -0.05) is 42.5 Å². The predicted octanol–water partition coefficient (Wildman–Crippen LogP) is 3.17. The van der Waals surface area contributed by atoms with E-state index < -0.39 is 0 Å². The van der Waals surface area contributed by atoms with Gasteiger partial charge in [0.15, 0.2) is 0 Å². The summed E-state index contributed by atoms with van der Waals surface area (Å²) in [6.45, 7) is 0. The smallest absolute Gasteiger partial charge is 0.258 e. The van der Waals surface area contributed by atoms with Crippen LogP contribution in [0.4, 0.5) is 0 Å². The Morgan fingerprint density at radius 1 is 0.781 bits per heavy atom. The third kappa shape index (κ3) is 6.48. The van der Waals surface area contributed by atoms with Gasteiger partial charge in [-0.15, -0.1) is 5.10 Å². The van der Waals surface area contributed by atoms with Crippen LogP contribution in [0, 0.1) is 22.7 Å². The molecule has 0 spiro atoms. The maximum Gasteiger partial charge on any atom is 0.258 e. The lowest BCUT2D eigenvalue weighted by Crippen LogP contribution is -2.38. The minimum Gasteiger partial charge on any atom is -0.290 e. The van der Waals surface area contributed by atoms with Crippen LogP contribution >= 0.6 is 0 Å². The van der Waals surface area contributed by atoms with E-state index in [2.05, 4.69) is 32.1 Å². The van der Waals surface area contributed by atoms with Gasteiger partial charge in [-0.2, -0.15) is 20.7 Å². The molecule has 154 valence electrons. The van der Waals surface area contributed by atoms with Crippen LogP contribution in [0.1, 0.15) is 32.6 Å². The van der Waals surface area contributed by atoms with E-state index in [1.165, 1.54) is 12.4 Å². The molecule has 0 atom stereocenters. The molecule has 3 aromatic rings. The molecular weight excluding hydrogens is 402 g/mol. The fourth-order valence-corrected chi connectivity index (χ4v) is 2.45. The lowest BCUT2D eigenvalue weighted by molar-refractivity contribution is 0.0975. The number of rotatable bonds is 5. The summed E-state index contributed by atoms with van der Waals surface area (Å²) in [4.78, 5) is 12.5. The molecule has 0 heterocycles. The Balaban J connectivity index is 1.74. The highest BCUT2D eigenvalue weighted by molar-refractivity contribution is 6.05. The van der Waals surface area contributed by atoms with Gasteiger partial charge in [0.05, 0.1) is 35.7 Å². The molecular formula is C24H17N7O. The van der Waals surface area contributed by atoms with E-state index in [-0.39, 0.29) is 11.9 Å². The van der Waals surface area contributed by atoms with Gasteiger partial charge in [0.1, 0.15) is 0 Å². The van der Waals surface area contributed by atoms with Crippen LogP contribution in [-0.2, 0) is 0 Å². The molecule has 0 aliphatic carbocycles. The first-order valence-corrected chi connectivity index (χ1v) is 9.45. The fraction of sp³-hybridized carbons (Fsp3) is 0. The van der Waals surface area contributed by atoms with Crippen molar-refractivity contribution in [3.63, 3.8) is 0 Å². The number of hydrazone groups is 1. The Labute approximate surface area is 184 Å². The molecule has 8 nitrogen and oxygen atoms in total. The summed E-state index contributed by atoms with van der Waals surface area (Å²) in [7, 11) is 0. The van der Waals surface area contributed by atoms with E-state index in [1.54, 1.807) is 72.8 Å². The van der Waals surface area contributed by atoms with Gasteiger partial charge in [0, 0.05) is 5.56 Å². The average Bonchev–Trinajstić information content (AvgIpc) is 2.85. The van der Waals surface area contributed by atoms with Crippen molar-refractivity contribution in [2.24, 2.45) is 15.3 Å². The fourth-order valence-electron chi connectivity index (χ4n) is 2.45. The van der Waals surface area contributed by atoms with Crippen molar-refractivity contribution in [2.45, 2.75) is 0 Å². The number of nitrogens with one attached hydrogen (secondary N) is 2. The largest absolute Gasteiger partial charge is 0.290 e. The Hall–Kier alpha value is -5.08. The van der Waals surface area contributed by atoms with Crippen LogP contribution in [-0.4, -0.2) is 24.3 Å². The molecule has 0 unspecified atom stereocenters. The Kier molecular flexibility index (Phi) is 7.56. The molecule has 0 aliphatic heterocycles. The van der Waals surface area contributed by atoms with Crippen LogP contribution in [0.5, 0.6) is 0 Å². The molecule has 3 aromatic carbocycles. The minimum absolute atomic E-state index is 0.0219. The summed E-state index contributed by atoms with van der Waals surface area (Å²) >= 11 is 0. The van der Waals surface area contributed by atoms with Gasteiger partial charge >= 0.3 is 0 Å². The highest BCUT2D eigenvalue weighted by atomic mass is 16.1. The zero-order valence-corrected chi connectivity index (χ0v) is 16.8. The molecule has 32 heavy (non-hydrogen) atoms. The van der Waals surface area contributed by atoms with E-state index >= 15 is 0 Å². The van der Waals surface area contributed by atoms with Gasteiger partial charge < -0.3 is 0 Å². The molecule has 2 N–H and O–H groups in total. The number of carbonyl (C=O) groups is 1. The molecule has 0 saturated carbocycles. The van der Waals surface area contributed by atoms with E-state index in [0.29, 0.717) is 16.7 Å². The first-order valence-electron chi connectivity index (χ1n) is 9.45. The molecule has 1 amide bonds. The summed E-state index contributed by atoms with van der Waals surface area (Å²) in [5.41, 5.74) is 5.70. The van der Waals surface area contributed by atoms with Crippen molar-refractivity contribution < 1.29 is 4.79 Å². The standard InChI is InChI=1S/C24H17N7O/c25-14-18-6-10-20(11-7-18)16-27-30-24(29-23(32)22-4-2-1-3-5-22)31-28-17-21-12-8-19(15-26)9-13-21/h1-13,16-17H,(H2,29,30,31,32). The topological polar surface area (TPSA) is 126 Å². The van der Waals surface area contributed by atoms with Gasteiger partial charge in [-0.05, 0) is 47.5 Å². The van der Waals surface area contributed by atoms with Gasteiger partial charge in [0.2, 0.25) is 5.96 Å². The third-order valence-electron chi connectivity index (χ3n) is 4.10. The van der Waals surface area contributed by atoms with Crippen molar-refractivity contribution in [1.82, 2.24) is 10.7 Å². The second-order valence-electron chi connectivity index (χ2n) is 6.35. The number of guanidine groups is 1. The number of hydrogen-bond donors (Lipinski definition) is 2. The van der Waals surface area contributed by atoms with Crippen LogP contribution in [0.3, 0.4) is 0 Å². The first-order chi connectivity index (χ1) is 15.7. The minimum atomic E-state index is -0.376. The maximum atomic E-state index is 12.5. The van der Waals surface area contributed by atoms with Crippen LogP contribution in [0.25, 0.3) is 0 Å². The summed E-state index contributed by atoms with van der Waals surface area (Å²) in [5.74, 6) is -0.354. The Bertz CT molecular complexity index is 1230. The van der Waals surface area contributed by atoms with E-state index in [9.17, 15) is 4.79 Å². The van der Waals surface area contributed by atoms with E-state index in [0.717, 1.165) is 11.1 Å². The van der Waals surface area contributed by atoms with Crippen molar-refractivity contribution in [2.75, 3.05) is 0 Å². The number of nitrogens with zero attached hydrogens (tertiary/aromatic N) is 5. The summed E-state index contributed by atoms with van der Waals surface area (Å²) in [6.07, 6.45) is 3.01. The lowest BCUT2D eigenvalue weighted by atomic mass is 10.2. The summed E-state index contributed by atoms with van der Waals surface area (Å²) < 4.78 is 0. The van der Waals surface area contributed by atoms with Gasteiger partial charge in [0.25, 0.3) is 5.91 Å². The molecule has 0 aromatic heterocycles. The number of benzene rings is 3. The summed E-state index contributed by atoms with van der Waals surface area (Å²) in [6, 6.07) is 26.4. The lowest BCUT2D eigenvalue weighted by Gasteiger charge is -2.06. The molecule has 0 saturated heterocycles. The monoisotopic (exact) mass is 419 g/mol.